The Kier molecular flexibility index (Phi) is 5.01. The Morgan fingerprint density at radius 3 is 2.62 bits per heavy atom. The first-order valence-electron chi connectivity index (χ1n) is 6.77. The maximum Gasteiger partial charge on any atom is 0.412 e. The maximum absolute atomic E-state index is 11.8. The number of thioether (sulfide) groups is 1. The number of hydrogen-bond donors (Lipinski definition) is 1. The number of halogens is 2. The van der Waals surface area contributed by atoms with E-state index in [0.717, 1.165) is 22.8 Å². The zero-order chi connectivity index (χ0) is 15.7. The molecule has 1 amide bonds. The quantitative estimate of drug-likeness (QED) is 0.591. The van der Waals surface area contributed by atoms with Gasteiger partial charge in [-0.25, -0.2) is 4.79 Å². The molecule has 0 aromatic heterocycles. The molecule has 0 spiro atoms. The van der Waals surface area contributed by atoms with Crippen molar-refractivity contribution in [1.82, 2.24) is 0 Å². The van der Waals surface area contributed by atoms with Crippen LogP contribution in [0.3, 0.4) is 0 Å². The lowest BCUT2D eigenvalue weighted by Crippen LogP contribution is -2.27. The molecule has 1 fully saturated rings. The Morgan fingerprint density at radius 1 is 1.43 bits per heavy atom. The molecule has 1 N–H and O–H groups in total. The van der Waals surface area contributed by atoms with Gasteiger partial charge in [-0.2, -0.15) is 0 Å². The van der Waals surface area contributed by atoms with Gasteiger partial charge in [0.05, 0.1) is 5.69 Å². The molecule has 0 saturated heterocycles. The van der Waals surface area contributed by atoms with Crippen LogP contribution in [0.2, 0.25) is 0 Å². The summed E-state index contributed by atoms with van der Waals surface area (Å²) in [6.45, 7) is 5.50. The molecule has 0 bridgehead atoms. The molecule has 0 radical (unpaired) electrons. The Labute approximate surface area is 139 Å². The molecule has 1 aliphatic rings. The van der Waals surface area contributed by atoms with Crippen LogP contribution in [0.15, 0.2) is 29.2 Å². The number of benzene rings is 1. The first-order chi connectivity index (χ1) is 9.67. The molecule has 1 unspecified atom stereocenters. The van der Waals surface area contributed by atoms with E-state index in [1.165, 1.54) is 0 Å². The zero-order valence-electron chi connectivity index (χ0n) is 12.3. The number of alkyl halides is 2. The minimum absolute atomic E-state index is 0.306. The van der Waals surface area contributed by atoms with E-state index >= 15 is 0 Å². The van der Waals surface area contributed by atoms with Crippen LogP contribution in [-0.4, -0.2) is 21.8 Å². The average Bonchev–Trinajstić information content (AvgIpc) is 2.93. The van der Waals surface area contributed by atoms with Gasteiger partial charge in [0, 0.05) is 16.6 Å². The molecule has 1 aromatic carbocycles. The number of ether oxygens (including phenoxy) is 1. The molecule has 3 nitrogen and oxygen atoms in total. The predicted octanol–water partition coefficient (Wildman–Crippen LogP) is 5.32. The highest BCUT2D eigenvalue weighted by atomic mass is 35.5. The zero-order valence-corrected chi connectivity index (χ0v) is 14.6. The van der Waals surface area contributed by atoms with Crippen molar-refractivity contribution >= 4 is 46.7 Å². The van der Waals surface area contributed by atoms with Gasteiger partial charge in [-0.15, -0.1) is 35.0 Å². The van der Waals surface area contributed by atoms with Crippen molar-refractivity contribution in [3.05, 3.63) is 24.3 Å². The third-order valence-corrected chi connectivity index (χ3v) is 5.08. The Hall–Kier alpha value is -0.580. The first kappa shape index (κ1) is 16.8. The van der Waals surface area contributed by atoms with Crippen molar-refractivity contribution in [2.45, 2.75) is 42.0 Å². The smallest absolute Gasteiger partial charge is 0.412 e. The van der Waals surface area contributed by atoms with Crippen LogP contribution in [0, 0.1) is 5.92 Å². The van der Waals surface area contributed by atoms with Crippen LogP contribution in [0.25, 0.3) is 0 Å². The van der Waals surface area contributed by atoms with Crippen LogP contribution in [-0.2, 0) is 4.74 Å². The van der Waals surface area contributed by atoms with E-state index in [0.29, 0.717) is 5.92 Å². The van der Waals surface area contributed by atoms with Crippen LogP contribution in [0.5, 0.6) is 0 Å². The average molecular weight is 348 g/mol. The van der Waals surface area contributed by atoms with Gasteiger partial charge < -0.3 is 4.74 Å². The van der Waals surface area contributed by atoms with E-state index in [4.69, 9.17) is 27.9 Å². The summed E-state index contributed by atoms with van der Waals surface area (Å²) in [5.74, 6) is 1.14. The molecular weight excluding hydrogens is 329 g/mol. The van der Waals surface area contributed by atoms with Gasteiger partial charge in [0.25, 0.3) is 0 Å². The molecule has 6 heteroatoms. The van der Waals surface area contributed by atoms with Gasteiger partial charge in [0.1, 0.15) is 9.93 Å². The van der Waals surface area contributed by atoms with Crippen molar-refractivity contribution in [1.29, 1.82) is 0 Å². The highest BCUT2D eigenvalue weighted by molar-refractivity contribution is 7.99. The summed E-state index contributed by atoms with van der Waals surface area (Å²) >= 11 is 13.7. The third kappa shape index (κ3) is 5.28. The molecule has 0 aliphatic heterocycles. The molecule has 1 atom stereocenters. The second-order valence-corrected chi connectivity index (χ2v) is 8.70. The standard InChI is InChI=1S/C15H19Cl2NO2S/c1-14(2,3)20-13(19)18-11-6-4-5-7-12(11)21-9-10-8-15(10,16)17/h4-7,10H,8-9H2,1-3H3,(H,18,19). The van der Waals surface area contributed by atoms with Gasteiger partial charge in [-0.05, 0) is 39.3 Å². The summed E-state index contributed by atoms with van der Waals surface area (Å²) in [5, 5.41) is 2.78. The molecular formula is C15H19Cl2NO2S. The van der Waals surface area contributed by atoms with E-state index in [1.54, 1.807) is 11.8 Å². The number of nitrogens with one attached hydrogen (secondary N) is 1. The Bertz CT molecular complexity index is 529. The Morgan fingerprint density at radius 2 is 2.05 bits per heavy atom. The SMILES string of the molecule is CC(C)(C)OC(=O)Nc1ccccc1SCC1CC1(Cl)Cl. The van der Waals surface area contributed by atoms with E-state index in [9.17, 15) is 4.79 Å². The van der Waals surface area contributed by atoms with Crippen molar-refractivity contribution < 1.29 is 9.53 Å². The Balaban J connectivity index is 1.95. The number of anilines is 1. The number of carbonyl (C=O) groups is 1. The van der Waals surface area contributed by atoms with Gasteiger partial charge in [-0.1, -0.05) is 12.1 Å². The number of carbonyl (C=O) groups excluding carboxylic acids is 1. The topological polar surface area (TPSA) is 38.3 Å². The van der Waals surface area contributed by atoms with Crippen molar-refractivity contribution in [2.24, 2.45) is 5.92 Å². The first-order valence-corrected chi connectivity index (χ1v) is 8.51. The molecule has 1 saturated carbocycles. The maximum atomic E-state index is 11.8. The van der Waals surface area contributed by atoms with Gasteiger partial charge >= 0.3 is 6.09 Å². The minimum Gasteiger partial charge on any atom is -0.444 e. The number of para-hydroxylation sites is 1. The second-order valence-electron chi connectivity index (χ2n) is 6.10. The summed E-state index contributed by atoms with van der Waals surface area (Å²) in [5.41, 5.74) is 0.226. The molecule has 1 aliphatic carbocycles. The van der Waals surface area contributed by atoms with Crippen molar-refractivity contribution in [3.8, 4) is 0 Å². The summed E-state index contributed by atoms with van der Waals surface area (Å²) in [6, 6.07) is 7.63. The molecule has 1 aromatic rings. The highest BCUT2D eigenvalue weighted by Gasteiger charge is 2.51. The predicted molar refractivity (Wildman–Crippen MR) is 89.6 cm³/mol. The highest BCUT2D eigenvalue weighted by Crippen LogP contribution is 2.55. The molecule has 21 heavy (non-hydrogen) atoms. The fourth-order valence-electron chi connectivity index (χ4n) is 1.75. The van der Waals surface area contributed by atoms with E-state index < -0.39 is 16.0 Å². The summed E-state index contributed by atoms with van der Waals surface area (Å²) in [4.78, 5) is 12.8. The molecule has 116 valence electrons. The molecule has 2 rings (SSSR count). The normalized spacial score (nSPS) is 20.0. The lowest BCUT2D eigenvalue weighted by atomic mass is 10.2. The van der Waals surface area contributed by atoms with Gasteiger partial charge in [0.2, 0.25) is 0 Å². The fourth-order valence-corrected chi connectivity index (χ4v) is 3.69. The van der Waals surface area contributed by atoms with E-state index in [2.05, 4.69) is 5.32 Å². The van der Waals surface area contributed by atoms with Crippen molar-refractivity contribution in [2.75, 3.05) is 11.1 Å². The van der Waals surface area contributed by atoms with Crippen molar-refractivity contribution in [3.63, 3.8) is 0 Å². The number of rotatable bonds is 4. The minimum atomic E-state index is -0.569. The van der Waals surface area contributed by atoms with Crippen LogP contribution in [0.4, 0.5) is 10.5 Å². The van der Waals surface area contributed by atoms with Crippen LogP contribution >= 0.6 is 35.0 Å². The van der Waals surface area contributed by atoms with E-state index in [1.807, 2.05) is 45.0 Å². The largest absolute Gasteiger partial charge is 0.444 e. The number of amides is 1. The fraction of sp³-hybridized carbons (Fsp3) is 0.533. The summed E-state index contributed by atoms with van der Waals surface area (Å²) in [7, 11) is 0. The lowest BCUT2D eigenvalue weighted by molar-refractivity contribution is 0.0635. The number of hydrogen-bond acceptors (Lipinski definition) is 3. The van der Waals surface area contributed by atoms with Gasteiger partial charge in [0.15, 0.2) is 0 Å². The monoisotopic (exact) mass is 347 g/mol. The third-order valence-electron chi connectivity index (χ3n) is 2.92. The van der Waals surface area contributed by atoms with Crippen LogP contribution in [0.1, 0.15) is 27.2 Å². The van der Waals surface area contributed by atoms with E-state index in [-0.39, 0.29) is 0 Å². The van der Waals surface area contributed by atoms with Gasteiger partial charge in [-0.3, -0.25) is 5.32 Å². The summed E-state index contributed by atoms with van der Waals surface area (Å²) < 4.78 is 4.70. The molecule has 0 heterocycles. The lowest BCUT2D eigenvalue weighted by Gasteiger charge is -2.20. The second kappa shape index (κ2) is 6.27. The van der Waals surface area contributed by atoms with Crippen LogP contribution < -0.4 is 5.32 Å². The summed E-state index contributed by atoms with van der Waals surface area (Å²) in [6.07, 6.45) is 0.371.